The average molecular weight is 333 g/mol. The van der Waals surface area contributed by atoms with Gasteiger partial charge in [0.05, 0.1) is 5.56 Å². The van der Waals surface area contributed by atoms with E-state index in [2.05, 4.69) is 16.9 Å². The Labute approximate surface area is 138 Å². The van der Waals surface area contributed by atoms with Gasteiger partial charge < -0.3 is 11.1 Å². The van der Waals surface area contributed by atoms with Gasteiger partial charge in [-0.25, -0.2) is 4.98 Å². The molecule has 3 nitrogen and oxygen atoms in total. The minimum absolute atomic E-state index is 0.0772. The Bertz CT molecular complexity index is 793. The number of aryl methyl sites for hydroxylation is 1. The summed E-state index contributed by atoms with van der Waals surface area (Å²) in [5, 5.41) is 2.74. The second-order valence-corrected chi connectivity index (χ2v) is 5.42. The van der Waals surface area contributed by atoms with Crippen LogP contribution in [0.25, 0.3) is 6.08 Å². The van der Waals surface area contributed by atoms with Crippen LogP contribution in [0.4, 0.5) is 24.7 Å². The molecular formula is C18H18F3N3. The first kappa shape index (κ1) is 17.6. The summed E-state index contributed by atoms with van der Waals surface area (Å²) in [5.74, 6) is 0.0772. The molecule has 0 fully saturated rings. The number of allylic oxidation sites excluding steroid dienone is 1. The predicted octanol–water partition coefficient (Wildman–Crippen LogP) is 4.94. The lowest BCUT2D eigenvalue weighted by Crippen LogP contribution is -2.07. The molecule has 2 aromatic rings. The van der Waals surface area contributed by atoms with Gasteiger partial charge in [0.15, 0.2) is 0 Å². The third kappa shape index (κ3) is 4.16. The molecule has 0 atom stereocenters. The van der Waals surface area contributed by atoms with E-state index in [1.807, 2.05) is 26.0 Å². The molecule has 0 unspecified atom stereocenters. The third-order valence-corrected chi connectivity index (χ3v) is 3.65. The van der Waals surface area contributed by atoms with E-state index < -0.39 is 11.7 Å². The Morgan fingerprint density at radius 3 is 2.62 bits per heavy atom. The lowest BCUT2D eigenvalue weighted by Gasteiger charge is -2.10. The predicted molar refractivity (Wildman–Crippen MR) is 91.4 cm³/mol. The summed E-state index contributed by atoms with van der Waals surface area (Å²) < 4.78 is 38.1. The summed E-state index contributed by atoms with van der Waals surface area (Å²) >= 11 is 0. The number of hydrogen-bond donors (Lipinski definition) is 2. The highest BCUT2D eigenvalue weighted by molar-refractivity contribution is 5.70. The van der Waals surface area contributed by atoms with Gasteiger partial charge in [0.1, 0.15) is 5.82 Å². The molecule has 0 radical (unpaired) electrons. The van der Waals surface area contributed by atoms with Gasteiger partial charge in [-0.1, -0.05) is 18.7 Å². The molecule has 0 aliphatic carbocycles. The normalized spacial score (nSPS) is 11.7. The van der Waals surface area contributed by atoms with E-state index in [9.17, 15) is 13.2 Å². The highest BCUT2D eigenvalue weighted by Crippen LogP contribution is 2.30. The number of aromatic nitrogens is 1. The summed E-state index contributed by atoms with van der Waals surface area (Å²) in [7, 11) is 0. The van der Waals surface area contributed by atoms with Crippen molar-refractivity contribution in [2.75, 3.05) is 11.1 Å². The fraction of sp³-hybridized carbons (Fsp3) is 0.167. The van der Waals surface area contributed by atoms with Crippen LogP contribution in [0.3, 0.4) is 0 Å². The number of nitrogens with zero attached hydrogens (tertiary/aromatic N) is 1. The molecule has 0 amide bonds. The van der Waals surface area contributed by atoms with Gasteiger partial charge in [0, 0.05) is 23.1 Å². The lowest BCUT2D eigenvalue weighted by molar-refractivity contribution is -0.137. The molecule has 2 rings (SSSR count). The van der Waals surface area contributed by atoms with Crippen molar-refractivity contribution in [2.24, 2.45) is 0 Å². The van der Waals surface area contributed by atoms with E-state index in [-0.39, 0.29) is 5.82 Å². The second-order valence-electron chi connectivity index (χ2n) is 5.42. The van der Waals surface area contributed by atoms with Gasteiger partial charge in [-0.3, -0.25) is 0 Å². The molecule has 3 N–H and O–H groups in total. The van der Waals surface area contributed by atoms with Crippen molar-refractivity contribution in [3.8, 4) is 0 Å². The van der Waals surface area contributed by atoms with Gasteiger partial charge >= 0.3 is 6.18 Å². The molecule has 0 bridgehead atoms. The first-order valence-corrected chi connectivity index (χ1v) is 7.21. The van der Waals surface area contributed by atoms with Crippen LogP contribution in [-0.4, -0.2) is 4.98 Å². The zero-order valence-electron chi connectivity index (χ0n) is 13.4. The van der Waals surface area contributed by atoms with Crippen LogP contribution in [0.2, 0.25) is 0 Å². The Morgan fingerprint density at radius 1 is 1.25 bits per heavy atom. The fourth-order valence-corrected chi connectivity index (χ4v) is 2.15. The number of nitrogens with one attached hydrogen (secondary N) is 1. The SMILES string of the molecule is C=C(/C=C\c1c(N)ccc(C)c1C)Nc1cc(C(F)(F)F)ccn1. The Balaban J connectivity index is 2.16. The topological polar surface area (TPSA) is 50.9 Å². The average Bonchev–Trinajstić information content (AvgIpc) is 2.50. The fourth-order valence-electron chi connectivity index (χ4n) is 2.15. The summed E-state index contributed by atoms with van der Waals surface area (Å²) in [4.78, 5) is 3.87. The van der Waals surface area contributed by atoms with E-state index >= 15 is 0 Å². The Kier molecular flexibility index (Phi) is 4.97. The number of rotatable bonds is 4. The van der Waals surface area contributed by atoms with Gasteiger partial charge in [-0.05, 0) is 49.2 Å². The molecule has 1 heterocycles. The van der Waals surface area contributed by atoms with Crippen molar-refractivity contribution >= 4 is 17.6 Å². The molecular weight excluding hydrogens is 315 g/mol. The first-order valence-electron chi connectivity index (χ1n) is 7.21. The van der Waals surface area contributed by atoms with Crippen molar-refractivity contribution in [1.82, 2.24) is 4.98 Å². The molecule has 126 valence electrons. The number of nitrogen functional groups attached to an aromatic ring is 1. The smallest absolute Gasteiger partial charge is 0.398 e. The first-order chi connectivity index (χ1) is 11.2. The summed E-state index contributed by atoms with van der Waals surface area (Å²) in [6, 6.07) is 5.60. The van der Waals surface area contributed by atoms with Crippen LogP contribution in [0.5, 0.6) is 0 Å². The largest absolute Gasteiger partial charge is 0.416 e. The number of halogens is 3. The highest BCUT2D eigenvalue weighted by atomic mass is 19.4. The maximum absolute atomic E-state index is 12.7. The lowest BCUT2D eigenvalue weighted by atomic mass is 10.0. The molecule has 0 aliphatic heterocycles. The van der Waals surface area contributed by atoms with Crippen LogP contribution in [0.15, 0.2) is 48.8 Å². The zero-order chi connectivity index (χ0) is 17.9. The monoisotopic (exact) mass is 333 g/mol. The van der Waals surface area contributed by atoms with Gasteiger partial charge in [0.2, 0.25) is 0 Å². The van der Waals surface area contributed by atoms with E-state index in [4.69, 9.17) is 5.73 Å². The van der Waals surface area contributed by atoms with E-state index in [0.717, 1.165) is 35.0 Å². The third-order valence-electron chi connectivity index (χ3n) is 3.65. The molecule has 6 heteroatoms. The molecule has 0 spiro atoms. The van der Waals surface area contributed by atoms with Crippen molar-refractivity contribution in [3.63, 3.8) is 0 Å². The van der Waals surface area contributed by atoms with E-state index in [1.165, 1.54) is 0 Å². The molecule has 0 aliphatic rings. The summed E-state index contributed by atoms with van der Waals surface area (Å²) in [6.45, 7) is 7.71. The van der Waals surface area contributed by atoms with E-state index in [0.29, 0.717) is 11.4 Å². The maximum Gasteiger partial charge on any atom is 0.416 e. The minimum atomic E-state index is -4.41. The Hall–Kier alpha value is -2.76. The van der Waals surface area contributed by atoms with Crippen molar-refractivity contribution in [1.29, 1.82) is 0 Å². The van der Waals surface area contributed by atoms with Gasteiger partial charge in [-0.2, -0.15) is 13.2 Å². The quantitative estimate of drug-likeness (QED) is 0.615. The summed E-state index contributed by atoms with van der Waals surface area (Å²) in [6.07, 6.45) is 0.120. The van der Waals surface area contributed by atoms with Crippen LogP contribution >= 0.6 is 0 Å². The number of benzene rings is 1. The van der Waals surface area contributed by atoms with E-state index in [1.54, 1.807) is 12.2 Å². The standard InChI is InChI=1S/C18H18F3N3/c1-11-4-7-16(22)15(13(11)3)6-5-12(2)24-17-10-14(8-9-23-17)18(19,20)21/h4-10H,2,22H2,1,3H3,(H,23,24)/b6-5-. The van der Waals surface area contributed by atoms with Crippen molar-refractivity contribution in [3.05, 3.63) is 71.1 Å². The summed E-state index contributed by atoms with van der Waals surface area (Å²) in [5.41, 5.74) is 9.21. The van der Waals surface area contributed by atoms with Crippen molar-refractivity contribution < 1.29 is 13.2 Å². The number of hydrogen-bond acceptors (Lipinski definition) is 3. The maximum atomic E-state index is 12.7. The number of alkyl halides is 3. The number of pyridine rings is 1. The van der Waals surface area contributed by atoms with Gasteiger partial charge in [-0.15, -0.1) is 0 Å². The minimum Gasteiger partial charge on any atom is -0.398 e. The molecule has 0 saturated heterocycles. The molecule has 1 aromatic heterocycles. The van der Waals surface area contributed by atoms with Crippen LogP contribution in [0, 0.1) is 13.8 Å². The second kappa shape index (κ2) is 6.78. The van der Waals surface area contributed by atoms with Crippen LogP contribution in [-0.2, 0) is 6.18 Å². The highest BCUT2D eigenvalue weighted by Gasteiger charge is 2.30. The van der Waals surface area contributed by atoms with Crippen LogP contribution in [0.1, 0.15) is 22.3 Å². The molecule has 0 saturated carbocycles. The van der Waals surface area contributed by atoms with Crippen LogP contribution < -0.4 is 11.1 Å². The molecule has 1 aromatic carbocycles. The Morgan fingerprint density at radius 2 is 1.96 bits per heavy atom. The van der Waals surface area contributed by atoms with Gasteiger partial charge in [0.25, 0.3) is 0 Å². The number of nitrogens with two attached hydrogens (primary N) is 1. The number of anilines is 2. The van der Waals surface area contributed by atoms with Crippen molar-refractivity contribution in [2.45, 2.75) is 20.0 Å². The zero-order valence-corrected chi connectivity index (χ0v) is 13.4. The molecule has 24 heavy (non-hydrogen) atoms.